The molecule has 0 aliphatic rings. The van der Waals surface area contributed by atoms with E-state index in [1.807, 2.05) is 0 Å². The summed E-state index contributed by atoms with van der Waals surface area (Å²) >= 11 is 5.45. The lowest BCUT2D eigenvalue weighted by Gasteiger charge is -2.11. The van der Waals surface area contributed by atoms with Gasteiger partial charge in [0.1, 0.15) is 11.6 Å². The van der Waals surface area contributed by atoms with Crippen molar-refractivity contribution >= 4 is 11.6 Å². The Morgan fingerprint density at radius 1 is 1.38 bits per heavy atom. The highest BCUT2D eigenvalue weighted by molar-refractivity contribution is 6.30. The molecule has 0 fully saturated rings. The molecule has 4 heteroatoms. The fourth-order valence-corrected chi connectivity index (χ4v) is 1.30. The monoisotopic (exact) mass is 205 g/mol. The predicted molar refractivity (Wildman–Crippen MR) is 48.6 cm³/mol. The van der Waals surface area contributed by atoms with Crippen LogP contribution in [-0.2, 0) is 0 Å². The molecule has 0 bridgehead atoms. The van der Waals surface area contributed by atoms with E-state index in [0.717, 1.165) is 12.1 Å². The molecule has 0 spiro atoms. The third kappa shape index (κ3) is 2.17. The molecule has 0 saturated heterocycles. The maximum absolute atomic E-state index is 13.1. The lowest BCUT2D eigenvalue weighted by Crippen LogP contribution is -2.13. The maximum atomic E-state index is 13.1. The van der Waals surface area contributed by atoms with Gasteiger partial charge >= 0.3 is 0 Å². The quantitative estimate of drug-likeness (QED) is 0.789. The van der Waals surface area contributed by atoms with Crippen LogP contribution in [-0.4, -0.2) is 0 Å². The van der Waals surface area contributed by atoms with Crippen LogP contribution < -0.4 is 5.73 Å². The Kier molecular flexibility index (Phi) is 3.22. The number of hydrogen-bond donors (Lipinski definition) is 1. The highest BCUT2D eigenvalue weighted by atomic mass is 35.5. The van der Waals surface area contributed by atoms with Gasteiger partial charge in [-0.25, -0.2) is 8.78 Å². The van der Waals surface area contributed by atoms with Crippen LogP contribution in [0.3, 0.4) is 0 Å². The Labute approximate surface area is 80.5 Å². The topological polar surface area (TPSA) is 26.0 Å². The van der Waals surface area contributed by atoms with Crippen molar-refractivity contribution in [2.75, 3.05) is 0 Å². The van der Waals surface area contributed by atoms with Crippen molar-refractivity contribution in [3.8, 4) is 0 Å². The highest BCUT2D eigenvalue weighted by Gasteiger charge is 2.15. The SMILES string of the molecule is CC[C@@H](N)c1c(F)cc(Cl)cc1F. The van der Waals surface area contributed by atoms with Crippen LogP contribution in [0, 0.1) is 11.6 Å². The summed E-state index contributed by atoms with van der Waals surface area (Å²) in [5.41, 5.74) is 5.43. The van der Waals surface area contributed by atoms with Crippen molar-refractivity contribution in [1.82, 2.24) is 0 Å². The number of halogens is 3. The van der Waals surface area contributed by atoms with E-state index in [-0.39, 0.29) is 10.6 Å². The van der Waals surface area contributed by atoms with Gasteiger partial charge in [-0.3, -0.25) is 0 Å². The minimum atomic E-state index is -0.681. The van der Waals surface area contributed by atoms with Gasteiger partial charge in [-0.1, -0.05) is 18.5 Å². The van der Waals surface area contributed by atoms with Crippen molar-refractivity contribution in [1.29, 1.82) is 0 Å². The average Bonchev–Trinajstić information content (AvgIpc) is 2.02. The molecule has 0 unspecified atom stereocenters. The second-order valence-corrected chi connectivity index (χ2v) is 3.23. The van der Waals surface area contributed by atoms with E-state index >= 15 is 0 Å². The Morgan fingerprint density at radius 2 is 1.85 bits per heavy atom. The van der Waals surface area contributed by atoms with Crippen LogP contribution in [0.4, 0.5) is 8.78 Å². The summed E-state index contributed by atoms with van der Waals surface area (Å²) in [5.74, 6) is -1.36. The number of hydrogen-bond acceptors (Lipinski definition) is 1. The number of rotatable bonds is 2. The van der Waals surface area contributed by atoms with Crippen molar-refractivity contribution in [3.63, 3.8) is 0 Å². The molecule has 2 N–H and O–H groups in total. The van der Waals surface area contributed by atoms with Crippen molar-refractivity contribution in [3.05, 3.63) is 34.4 Å². The molecule has 0 radical (unpaired) electrons. The molecule has 0 amide bonds. The Morgan fingerprint density at radius 3 is 2.23 bits per heavy atom. The Bertz CT molecular complexity index is 291. The van der Waals surface area contributed by atoms with Crippen LogP contribution in [0.2, 0.25) is 5.02 Å². The summed E-state index contributed by atoms with van der Waals surface area (Å²) in [7, 11) is 0. The molecule has 1 aromatic rings. The number of nitrogens with two attached hydrogens (primary N) is 1. The van der Waals surface area contributed by atoms with Crippen molar-refractivity contribution < 1.29 is 8.78 Å². The normalized spacial score (nSPS) is 13.0. The Hall–Kier alpha value is -0.670. The van der Waals surface area contributed by atoms with Crippen LogP contribution in [0.25, 0.3) is 0 Å². The molecule has 0 aliphatic carbocycles. The van der Waals surface area contributed by atoms with E-state index in [4.69, 9.17) is 17.3 Å². The van der Waals surface area contributed by atoms with Gasteiger partial charge in [0.05, 0.1) is 0 Å². The molecule has 72 valence electrons. The molecule has 0 aromatic heterocycles. The fourth-order valence-electron chi connectivity index (χ4n) is 1.11. The standard InChI is InChI=1S/C9H10ClF2N/c1-2-8(13)9-6(11)3-5(10)4-7(9)12/h3-4,8H,2,13H2,1H3/t8-/m1/s1. The summed E-state index contributed by atoms with van der Waals surface area (Å²) in [6, 6.07) is 1.52. The maximum Gasteiger partial charge on any atom is 0.132 e. The van der Waals surface area contributed by atoms with E-state index in [2.05, 4.69) is 0 Å². The molecular weight excluding hydrogens is 196 g/mol. The molecular formula is C9H10ClF2N. The molecule has 1 aromatic carbocycles. The first-order chi connectivity index (χ1) is 6.06. The fraction of sp³-hybridized carbons (Fsp3) is 0.333. The van der Waals surface area contributed by atoms with Gasteiger partial charge in [0.2, 0.25) is 0 Å². The van der Waals surface area contributed by atoms with Crippen molar-refractivity contribution in [2.24, 2.45) is 5.73 Å². The Balaban J connectivity index is 3.20. The smallest absolute Gasteiger partial charge is 0.132 e. The zero-order valence-corrected chi connectivity index (χ0v) is 7.91. The van der Waals surface area contributed by atoms with E-state index in [1.54, 1.807) is 6.92 Å². The minimum Gasteiger partial charge on any atom is -0.324 e. The second-order valence-electron chi connectivity index (χ2n) is 2.80. The average molecular weight is 206 g/mol. The van der Waals surface area contributed by atoms with Gasteiger partial charge < -0.3 is 5.73 Å². The molecule has 0 heterocycles. The molecule has 1 rings (SSSR count). The molecule has 0 aliphatic heterocycles. The summed E-state index contributed by atoms with van der Waals surface area (Å²) in [6.45, 7) is 1.76. The van der Waals surface area contributed by atoms with E-state index < -0.39 is 17.7 Å². The first-order valence-electron chi connectivity index (χ1n) is 3.96. The zero-order valence-electron chi connectivity index (χ0n) is 7.15. The van der Waals surface area contributed by atoms with Crippen LogP contribution in [0.1, 0.15) is 24.9 Å². The molecule has 13 heavy (non-hydrogen) atoms. The van der Waals surface area contributed by atoms with Crippen LogP contribution >= 0.6 is 11.6 Å². The van der Waals surface area contributed by atoms with Gasteiger partial charge in [0, 0.05) is 16.6 Å². The minimum absolute atomic E-state index is 0.0436. The lowest BCUT2D eigenvalue weighted by molar-refractivity contribution is 0.520. The van der Waals surface area contributed by atoms with Gasteiger partial charge in [0.25, 0.3) is 0 Å². The lowest BCUT2D eigenvalue weighted by atomic mass is 10.0. The van der Waals surface area contributed by atoms with Crippen LogP contribution in [0.5, 0.6) is 0 Å². The van der Waals surface area contributed by atoms with E-state index in [9.17, 15) is 8.78 Å². The first-order valence-corrected chi connectivity index (χ1v) is 4.34. The third-order valence-corrected chi connectivity index (χ3v) is 2.07. The first kappa shape index (κ1) is 10.4. The second kappa shape index (κ2) is 4.03. The molecule has 0 saturated carbocycles. The summed E-state index contributed by atoms with van der Waals surface area (Å²) in [5, 5.41) is 0.0436. The van der Waals surface area contributed by atoms with Gasteiger partial charge in [-0.05, 0) is 18.6 Å². The van der Waals surface area contributed by atoms with Crippen molar-refractivity contribution in [2.45, 2.75) is 19.4 Å². The summed E-state index contributed by atoms with van der Waals surface area (Å²) in [4.78, 5) is 0. The third-order valence-electron chi connectivity index (χ3n) is 1.85. The largest absolute Gasteiger partial charge is 0.324 e. The van der Waals surface area contributed by atoms with E-state index in [1.165, 1.54) is 0 Å². The van der Waals surface area contributed by atoms with Gasteiger partial charge in [-0.2, -0.15) is 0 Å². The number of benzene rings is 1. The van der Waals surface area contributed by atoms with Crippen LogP contribution in [0.15, 0.2) is 12.1 Å². The van der Waals surface area contributed by atoms with E-state index in [0.29, 0.717) is 6.42 Å². The highest BCUT2D eigenvalue weighted by Crippen LogP contribution is 2.24. The van der Waals surface area contributed by atoms with Gasteiger partial charge in [0.15, 0.2) is 0 Å². The predicted octanol–water partition coefficient (Wildman–Crippen LogP) is 3.03. The molecule has 1 nitrogen and oxygen atoms in total. The summed E-state index contributed by atoms with van der Waals surface area (Å²) in [6.07, 6.45) is 0.482. The summed E-state index contributed by atoms with van der Waals surface area (Å²) < 4.78 is 26.3. The zero-order chi connectivity index (χ0) is 10.0. The van der Waals surface area contributed by atoms with Gasteiger partial charge in [-0.15, -0.1) is 0 Å². The molecule has 1 atom stereocenters.